The van der Waals surface area contributed by atoms with Gasteiger partial charge in [-0.2, -0.15) is 0 Å². The molecule has 2 amide bonds. The molecular formula is C13H21NO5. The Balaban J connectivity index is 2.61. The molecule has 0 bridgehead atoms. The molecule has 6 nitrogen and oxygen atoms in total. The molecule has 1 heterocycles. The molecular weight excluding hydrogens is 250 g/mol. The quantitative estimate of drug-likeness (QED) is 0.849. The summed E-state index contributed by atoms with van der Waals surface area (Å²) in [6, 6.07) is -1.09. The molecule has 1 aliphatic rings. The van der Waals surface area contributed by atoms with E-state index in [4.69, 9.17) is 9.84 Å². The van der Waals surface area contributed by atoms with Gasteiger partial charge in [-0.3, -0.25) is 4.79 Å². The number of rotatable bonds is 3. The van der Waals surface area contributed by atoms with Crippen molar-refractivity contribution in [2.24, 2.45) is 5.41 Å². The highest BCUT2D eigenvalue weighted by molar-refractivity contribution is 5.97. The number of ether oxygens (including phenoxy) is 1. The maximum absolute atomic E-state index is 11.8. The minimum absolute atomic E-state index is 0.0123. The van der Waals surface area contributed by atoms with E-state index < -0.39 is 24.0 Å². The van der Waals surface area contributed by atoms with E-state index in [-0.39, 0.29) is 24.9 Å². The van der Waals surface area contributed by atoms with Crippen molar-refractivity contribution in [2.45, 2.75) is 52.5 Å². The highest BCUT2D eigenvalue weighted by atomic mass is 16.6. The first-order valence-corrected chi connectivity index (χ1v) is 6.44. The van der Waals surface area contributed by atoms with E-state index in [0.29, 0.717) is 12.8 Å². The van der Waals surface area contributed by atoms with Crippen LogP contribution < -0.4 is 0 Å². The van der Waals surface area contributed by atoms with Crippen LogP contribution in [0.15, 0.2) is 0 Å². The minimum atomic E-state index is -1.17. The molecule has 19 heavy (non-hydrogen) atoms. The molecule has 1 atom stereocenters. The summed E-state index contributed by atoms with van der Waals surface area (Å²) in [7, 11) is 0. The van der Waals surface area contributed by atoms with Gasteiger partial charge in [-0.05, 0) is 24.7 Å². The predicted molar refractivity (Wildman–Crippen MR) is 67.5 cm³/mol. The molecule has 0 aromatic carbocycles. The summed E-state index contributed by atoms with van der Waals surface area (Å²) in [5.41, 5.74) is 0.0123. The summed E-state index contributed by atoms with van der Waals surface area (Å²) < 4.78 is 5.01. The van der Waals surface area contributed by atoms with Crippen LogP contribution in [0, 0.1) is 5.41 Å². The zero-order chi connectivity index (χ0) is 14.6. The minimum Gasteiger partial charge on any atom is -0.480 e. The second-order valence-electron chi connectivity index (χ2n) is 5.94. The predicted octanol–water partition coefficient (Wildman–Crippen LogP) is 2.02. The first-order valence-electron chi connectivity index (χ1n) is 6.44. The van der Waals surface area contributed by atoms with Gasteiger partial charge >= 0.3 is 12.1 Å². The lowest BCUT2D eigenvalue weighted by Crippen LogP contribution is -2.51. The van der Waals surface area contributed by atoms with Gasteiger partial charge in [0, 0.05) is 6.42 Å². The van der Waals surface area contributed by atoms with E-state index in [1.165, 1.54) is 0 Å². The van der Waals surface area contributed by atoms with E-state index in [9.17, 15) is 14.4 Å². The maximum atomic E-state index is 11.8. The Labute approximate surface area is 112 Å². The Morgan fingerprint density at radius 2 is 2.05 bits per heavy atom. The van der Waals surface area contributed by atoms with Crippen molar-refractivity contribution in [1.82, 2.24) is 4.90 Å². The molecule has 0 saturated carbocycles. The molecule has 0 radical (unpaired) electrons. The number of carbonyl (C=O) groups excluding carboxylic acids is 2. The van der Waals surface area contributed by atoms with Crippen LogP contribution in [0.3, 0.4) is 0 Å². The molecule has 1 N–H and O–H groups in total. The smallest absolute Gasteiger partial charge is 0.417 e. The summed E-state index contributed by atoms with van der Waals surface area (Å²) in [5, 5.41) is 9.03. The molecule has 0 spiro atoms. The summed E-state index contributed by atoms with van der Waals surface area (Å²) in [4.78, 5) is 35.3. The number of piperidine rings is 1. The van der Waals surface area contributed by atoms with E-state index >= 15 is 0 Å². The summed E-state index contributed by atoms with van der Waals surface area (Å²) >= 11 is 0. The van der Waals surface area contributed by atoms with Crippen LogP contribution in [0.25, 0.3) is 0 Å². The second kappa shape index (κ2) is 6.04. The second-order valence-corrected chi connectivity index (χ2v) is 5.94. The first-order chi connectivity index (χ1) is 8.72. The number of nitrogens with zero attached hydrogens (tertiary/aromatic N) is 1. The van der Waals surface area contributed by atoms with Gasteiger partial charge in [-0.25, -0.2) is 14.5 Å². The number of hydrogen-bond donors (Lipinski definition) is 1. The van der Waals surface area contributed by atoms with Gasteiger partial charge in [0.25, 0.3) is 0 Å². The van der Waals surface area contributed by atoms with Crippen molar-refractivity contribution < 1.29 is 24.2 Å². The Morgan fingerprint density at radius 1 is 1.42 bits per heavy atom. The third-order valence-electron chi connectivity index (χ3n) is 3.01. The molecule has 1 rings (SSSR count). The molecule has 0 aromatic heterocycles. The number of aliphatic carboxylic acids is 1. The molecule has 1 aliphatic heterocycles. The fraction of sp³-hybridized carbons (Fsp3) is 0.769. The zero-order valence-corrected chi connectivity index (χ0v) is 11.6. The molecule has 6 heteroatoms. The lowest BCUT2D eigenvalue weighted by atomic mass is 9.93. The molecule has 0 aliphatic carbocycles. The summed E-state index contributed by atoms with van der Waals surface area (Å²) in [5.74, 6) is -1.64. The lowest BCUT2D eigenvalue weighted by Gasteiger charge is -2.30. The van der Waals surface area contributed by atoms with Gasteiger partial charge in [-0.15, -0.1) is 0 Å². The van der Waals surface area contributed by atoms with Gasteiger partial charge < -0.3 is 9.84 Å². The van der Waals surface area contributed by atoms with Crippen molar-refractivity contribution in [2.75, 3.05) is 6.61 Å². The normalized spacial score (nSPS) is 20.3. The third kappa shape index (κ3) is 4.54. The Kier molecular flexibility index (Phi) is 4.91. The summed E-state index contributed by atoms with van der Waals surface area (Å²) in [6.07, 6.45) is 0.773. The van der Waals surface area contributed by atoms with Crippen LogP contribution >= 0.6 is 0 Å². The Morgan fingerprint density at radius 3 is 2.58 bits per heavy atom. The van der Waals surface area contributed by atoms with E-state index in [0.717, 1.165) is 4.90 Å². The molecule has 1 saturated heterocycles. The van der Waals surface area contributed by atoms with Gasteiger partial charge in [0.15, 0.2) is 0 Å². The number of carboxylic acid groups (broad SMARTS) is 1. The van der Waals surface area contributed by atoms with Gasteiger partial charge in [0.05, 0.1) is 6.61 Å². The Bertz CT molecular complexity index is 372. The third-order valence-corrected chi connectivity index (χ3v) is 3.01. The maximum Gasteiger partial charge on any atom is 0.417 e. The van der Waals surface area contributed by atoms with Crippen LogP contribution in [0.5, 0.6) is 0 Å². The SMILES string of the molecule is CC(C)(C)CCOC(=O)N1C(=O)CCCC1C(=O)O. The number of imide groups is 1. The van der Waals surface area contributed by atoms with Crippen LogP contribution in [0.1, 0.15) is 46.5 Å². The van der Waals surface area contributed by atoms with Crippen molar-refractivity contribution in [3.05, 3.63) is 0 Å². The fourth-order valence-electron chi connectivity index (χ4n) is 1.85. The van der Waals surface area contributed by atoms with E-state index in [2.05, 4.69) is 0 Å². The molecule has 1 fully saturated rings. The van der Waals surface area contributed by atoms with Gasteiger partial charge in [0.1, 0.15) is 6.04 Å². The van der Waals surface area contributed by atoms with Crippen LogP contribution in [-0.4, -0.2) is 40.6 Å². The van der Waals surface area contributed by atoms with Gasteiger partial charge in [-0.1, -0.05) is 20.8 Å². The summed E-state index contributed by atoms with van der Waals surface area (Å²) in [6.45, 7) is 6.20. The number of hydrogen-bond acceptors (Lipinski definition) is 4. The van der Waals surface area contributed by atoms with Gasteiger partial charge in [0.2, 0.25) is 5.91 Å². The molecule has 0 aromatic rings. The van der Waals surface area contributed by atoms with Crippen LogP contribution in [0.2, 0.25) is 0 Å². The highest BCUT2D eigenvalue weighted by Gasteiger charge is 2.38. The lowest BCUT2D eigenvalue weighted by molar-refractivity contribution is -0.151. The molecule has 108 valence electrons. The van der Waals surface area contributed by atoms with Crippen molar-refractivity contribution in [1.29, 1.82) is 0 Å². The average molecular weight is 271 g/mol. The van der Waals surface area contributed by atoms with Crippen molar-refractivity contribution >= 4 is 18.0 Å². The standard InChI is InChI=1S/C13H21NO5/c1-13(2,3)7-8-19-12(18)14-9(11(16)17)5-4-6-10(14)15/h9H,4-8H2,1-3H3,(H,16,17). The Hall–Kier alpha value is -1.59. The van der Waals surface area contributed by atoms with E-state index in [1.54, 1.807) is 0 Å². The first kappa shape index (κ1) is 15.5. The topological polar surface area (TPSA) is 83.9 Å². The van der Waals surface area contributed by atoms with Crippen LogP contribution in [0.4, 0.5) is 4.79 Å². The van der Waals surface area contributed by atoms with Crippen molar-refractivity contribution in [3.8, 4) is 0 Å². The average Bonchev–Trinajstić information content (AvgIpc) is 2.26. The highest BCUT2D eigenvalue weighted by Crippen LogP contribution is 2.21. The van der Waals surface area contributed by atoms with Crippen molar-refractivity contribution in [3.63, 3.8) is 0 Å². The monoisotopic (exact) mass is 271 g/mol. The fourth-order valence-corrected chi connectivity index (χ4v) is 1.85. The number of carbonyl (C=O) groups is 3. The van der Waals surface area contributed by atoms with E-state index in [1.807, 2.05) is 20.8 Å². The largest absolute Gasteiger partial charge is 0.480 e. The van der Waals surface area contributed by atoms with Crippen LogP contribution in [-0.2, 0) is 14.3 Å². The molecule has 1 unspecified atom stereocenters. The number of carboxylic acids is 1. The number of likely N-dealkylation sites (tertiary alicyclic amines) is 1. The zero-order valence-electron chi connectivity index (χ0n) is 11.6. The number of amides is 2.